The lowest BCUT2D eigenvalue weighted by molar-refractivity contribution is 0.323. The van der Waals surface area contributed by atoms with Crippen LogP contribution in [-0.4, -0.2) is 0 Å². The first-order chi connectivity index (χ1) is 7.33. The van der Waals surface area contributed by atoms with Crippen LogP contribution >= 0.6 is 0 Å². The van der Waals surface area contributed by atoms with Crippen molar-refractivity contribution in [3.63, 3.8) is 0 Å². The minimum absolute atomic E-state index is 0.605. The average Bonchev–Trinajstić information content (AvgIpc) is 2.28. The summed E-state index contributed by atoms with van der Waals surface area (Å²) in [5.74, 6) is 0. The van der Waals surface area contributed by atoms with E-state index in [-0.39, 0.29) is 0 Å². The second-order valence-corrected chi connectivity index (χ2v) is 3.82. The van der Waals surface area contributed by atoms with Crippen LogP contribution in [0, 0.1) is 0 Å². The van der Waals surface area contributed by atoms with Crippen LogP contribution < -0.4 is 0 Å². The highest BCUT2D eigenvalue weighted by molar-refractivity contribution is 5.85. The van der Waals surface area contributed by atoms with Crippen LogP contribution in [0.15, 0.2) is 42.5 Å². The first kappa shape index (κ1) is 10.2. The Morgan fingerprint density at radius 3 is 2.60 bits per heavy atom. The fourth-order valence-electron chi connectivity index (χ4n) is 1.93. The Balaban J connectivity index is 2.50. The van der Waals surface area contributed by atoms with Crippen molar-refractivity contribution in [1.29, 1.82) is 0 Å². The molecule has 0 radical (unpaired) electrons. The fraction of sp³-hybridized carbons (Fsp3) is 0.286. The molecule has 0 nitrogen and oxygen atoms in total. The zero-order chi connectivity index (χ0) is 10.7. The molecule has 15 heavy (non-hydrogen) atoms. The van der Waals surface area contributed by atoms with E-state index in [0.29, 0.717) is 6.42 Å². The second-order valence-electron chi connectivity index (χ2n) is 3.82. The zero-order valence-electron chi connectivity index (χ0n) is 8.91. The third kappa shape index (κ3) is 2.01. The highest BCUT2D eigenvalue weighted by Gasteiger charge is 2.11. The summed E-state index contributed by atoms with van der Waals surface area (Å²) in [7, 11) is 0. The van der Waals surface area contributed by atoms with E-state index in [0.717, 1.165) is 22.8 Å². The van der Waals surface area contributed by atoms with Gasteiger partial charge in [-0.3, -0.25) is 0 Å². The molecular formula is C14H15F. The summed E-state index contributed by atoms with van der Waals surface area (Å²) in [5.41, 5.74) is 0.829. The lowest BCUT2D eigenvalue weighted by atomic mass is 9.99. The van der Waals surface area contributed by atoms with Gasteiger partial charge in [0.15, 0.2) is 0 Å². The average molecular weight is 202 g/mol. The van der Waals surface area contributed by atoms with Crippen molar-refractivity contribution in [1.82, 2.24) is 0 Å². The van der Waals surface area contributed by atoms with Crippen molar-refractivity contribution in [2.75, 3.05) is 0 Å². The lowest BCUT2D eigenvalue weighted by Gasteiger charge is -2.10. The summed E-state index contributed by atoms with van der Waals surface area (Å²) >= 11 is 0. The summed E-state index contributed by atoms with van der Waals surface area (Å²) in [4.78, 5) is 0. The van der Waals surface area contributed by atoms with Gasteiger partial charge in [-0.05, 0) is 22.8 Å². The number of alkyl halides is 1. The molecule has 0 saturated heterocycles. The summed E-state index contributed by atoms with van der Waals surface area (Å²) in [6.07, 6.45) is 0.652. The molecule has 0 spiro atoms. The molecule has 0 saturated carbocycles. The van der Waals surface area contributed by atoms with Crippen molar-refractivity contribution >= 4 is 10.8 Å². The van der Waals surface area contributed by atoms with E-state index in [9.17, 15) is 4.39 Å². The van der Waals surface area contributed by atoms with Gasteiger partial charge in [-0.1, -0.05) is 55.8 Å². The van der Waals surface area contributed by atoms with E-state index in [4.69, 9.17) is 0 Å². The minimum Gasteiger partial charge on any atom is -0.242 e. The normalized spacial score (nSPS) is 12.9. The number of fused-ring (bicyclic) bond motifs is 1. The summed E-state index contributed by atoms with van der Waals surface area (Å²) < 4.78 is 13.9. The summed E-state index contributed by atoms with van der Waals surface area (Å²) in [5, 5.41) is 2.16. The predicted molar refractivity (Wildman–Crippen MR) is 62.7 cm³/mol. The van der Waals surface area contributed by atoms with Crippen molar-refractivity contribution in [2.24, 2.45) is 0 Å². The van der Waals surface area contributed by atoms with Gasteiger partial charge in [0.2, 0.25) is 0 Å². The first-order valence-corrected chi connectivity index (χ1v) is 5.44. The molecule has 0 N–H and O–H groups in total. The van der Waals surface area contributed by atoms with Gasteiger partial charge in [0, 0.05) is 0 Å². The number of benzene rings is 2. The molecule has 0 aliphatic rings. The van der Waals surface area contributed by atoms with E-state index >= 15 is 0 Å². The van der Waals surface area contributed by atoms with Gasteiger partial charge < -0.3 is 0 Å². The van der Waals surface area contributed by atoms with Crippen molar-refractivity contribution in [3.8, 4) is 0 Å². The molecule has 0 bridgehead atoms. The summed E-state index contributed by atoms with van der Waals surface area (Å²) in [6.45, 7) is 2.01. The highest BCUT2D eigenvalue weighted by Crippen LogP contribution is 2.29. The highest BCUT2D eigenvalue weighted by atomic mass is 19.1. The molecule has 1 heteroatoms. The largest absolute Gasteiger partial charge is 0.242 e. The Morgan fingerprint density at radius 2 is 1.80 bits per heavy atom. The van der Waals surface area contributed by atoms with Gasteiger partial charge >= 0.3 is 0 Å². The van der Waals surface area contributed by atoms with Crippen LogP contribution in [0.25, 0.3) is 10.8 Å². The van der Waals surface area contributed by atoms with Crippen molar-refractivity contribution in [2.45, 2.75) is 25.9 Å². The molecule has 0 heterocycles. The molecule has 0 aromatic heterocycles. The van der Waals surface area contributed by atoms with Crippen LogP contribution in [-0.2, 0) is 0 Å². The van der Waals surface area contributed by atoms with E-state index in [1.807, 2.05) is 49.4 Å². The van der Waals surface area contributed by atoms with E-state index in [2.05, 4.69) is 0 Å². The number of hydrogen-bond acceptors (Lipinski definition) is 0. The quantitative estimate of drug-likeness (QED) is 0.679. The molecule has 0 aliphatic heterocycles. The maximum atomic E-state index is 13.9. The van der Waals surface area contributed by atoms with Crippen molar-refractivity contribution < 1.29 is 4.39 Å². The first-order valence-electron chi connectivity index (χ1n) is 5.44. The molecule has 2 rings (SSSR count). The van der Waals surface area contributed by atoms with Gasteiger partial charge in [0.25, 0.3) is 0 Å². The molecule has 78 valence electrons. The molecule has 0 fully saturated rings. The topological polar surface area (TPSA) is 0 Å². The van der Waals surface area contributed by atoms with E-state index in [1.165, 1.54) is 0 Å². The third-order valence-corrected chi connectivity index (χ3v) is 2.70. The van der Waals surface area contributed by atoms with Gasteiger partial charge in [-0.25, -0.2) is 4.39 Å². The Bertz CT molecular complexity index is 443. The van der Waals surface area contributed by atoms with Crippen LogP contribution in [0.4, 0.5) is 4.39 Å². The Hall–Kier alpha value is -1.37. The molecule has 2 aromatic rings. The van der Waals surface area contributed by atoms with E-state index in [1.54, 1.807) is 0 Å². The molecular weight excluding hydrogens is 187 g/mol. The lowest BCUT2D eigenvalue weighted by Crippen LogP contribution is -1.92. The Kier molecular flexibility index (Phi) is 3.00. The smallest absolute Gasteiger partial charge is 0.126 e. The maximum Gasteiger partial charge on any atom is 0.126 e. The van der Waals surface area contributed by atoms with Crippen LogP contribution in [0.2, 0.25) is 0 Å². The Morgan fingerprint density at radius 1 is 1.07 bits per heavy atom. The molecule has 0 aliphatic carbocycles. The molecule has 1 unspecified atom stereocenters. The number of rotatable bonds is 3. The number of halogens is 1. The van der Waals surface area contributed by atoms with Crippen LogP contribution in [0.1, 0.15) is 31.5 Å². The fourth-order valence-corrected chi connectivity index (χ4v) is 1.93. The van der Waals surface area contributed by atoms with Gasteiger partial charge in [0.1, 0.15) is 6.17 Å². The number of hydrogen-bond donors (Lipinski definition) is 0. The zero-order valence-corrected chi connectivity index (χ0v) is 8.91. The van der Waals surface area contributed by atoms with Crippen molar-refractivity contribution in [3.05, 3.63) is 48.0 Å². The van der Waals surface area contributed by atoms with Gasteiger partial charge in [-0.15, -0.1) is 0 Å². The SMILES string of the molecule is CCCC(F)c1cccc2ccccc12. The second kappa shape index (κ2) is 4.43. The monoisotopic (exact) mass is 202 g/mol. The standard InChI is InChI=1S/C14H15F/c1-2-6-14(15)13-10-5-8-11-7-3-4-9-12(11)13/h3-5,7-10,14H,2,6H2,1H3. The maximum absolute atomic E-state index is 13.9. The van der Waals surface area contributed by atoms with Gasteiger partial charge in [-0.2, -0.15) is 0 Å². The van der Waals surface area contributed by atoms with Crippen LogP contribution in [0.3, 0.4) is 0 Å². The predicted octanol–water partition coefficient (Wildman–Crippen LogP) is 4.65. The summed E-state index contributed by atoms with van der Waals surface area (Å²) in [6, 6.07) is 13.8. The van der Waals surface area contributed by atoms with E-state index < -0.39 is 6.17 Å². The van der Waals surface area contributed by atoms with Crippen LogP contribution in [0.5, 0.6) is 0 Å². The molecule has 1 atom stereocenters. The van der Waals surface area contributed by atoms with Gasteiger partial charge in [0.05, 0.1) is 0 Å². The molecule has 2 aromatic carbocycles. The Labute approximate surface area is 89.7 Å². The minimum atomic E-state index is -0.832. The third-order valence-electron chi connectivity index (χ3n) is 2.70. The molecule has 0 amide bonds.